The summed E-state index contributed by atoms with van der Waals surface area (Å²) in [5.41, 5.74) is 1.11. The number of nitriles is 1. The third-order valence-electron chi connectivity index (χ3n) is 2.75. The number of pyridine rings is 1. The predicted molar refractivity (Wildman–Crippen MR) is 79.3 cm³/mol. The number of sulfonamides is 1. The summed E-state index contributed by atoms with van der Waals surface area (Å²) in [5.74, 6) is 0. The molecule has 2 aromatic rings. The van der Waals surface area contributed by atoms with Gasteiger partial charge in [-0.25, -0.2) is 13.1 Å². The molecule has 0 radical (unpaired) electrons. The van der Waals surface area contributed by atoms with Crippen LogP contribution in [0.3, 0.4) is 0 Å². The molecule has 0 fully saturated rings. The zero-order chi connectivity index (χ0) is 15.3. The Morgan fingerprint density at radius 2 is 2.10 bits per heavy atom. The summed E-state index contributed by atoms with van der Waals surface area (Å²) in [6.07, 6.45) is 2.13. The summed E-state index contributed by atoms with van der Waals surface area (Å²) in [6.45, 7) is 0.218. The second-order valence-corrected chi connectivity index (χ2v) is 6.37. The van der Waals surface area contributed by atoms with Gasteiger partial charge in [0.15, 0.2) is 0 Å². The molecule has 0 saturated heterocycles. The van der Waals surface area contributed by atoms with Crippen LogP contribution in [0, 0.1) is 11.3 Å². The van der Waals surface area contributed by atoms with Crippen molar-refractivity contribution in [3.63, 3.8) is 0 Å². The lowest BCUT2D eigenvalue weighted by atomic mass is 10.2. The van der Waals surface area contributed by atoms with E-state index < -0.39 is 10.0 Å². The third-order valence-corrected chi connectivity index (χ3v) is 4.69. The highest BCUT2D eigenvalue weighted by Crippen LogP contribution is 2.22. The van der Waals surface area contributed by atoms with Crippen LogP contribution in [0.4, 0.5) is 0 Å². The minimum Gasteiger partial charge on any atom is -0.261 e. The summed E-state index contributed by atoms with van der Waals surface area (Å²) in [5, 5.41) is 8.77. The molecular formula is C14H12ClN3O2S. The molecule has 0 spiro atoms. The Morgan fingerprint density at radius 1 is 1.29 bits per heavy atom. The molecule has 0 bridgehead atoms. The van der Waals surface area contributed by atoms with Crippen molar-refractivity contribution in [1.29, 1.82) is 5.26 Å². The highest BCUT2D eigenvalue weighted by atomic mass is 35.5. The van der Waals surface area contributed by atoms with Crippen LogP contribution in [-0.4, -0.2) is 19.9 Å². The Kier molecular flexibility index (Phi) is 4.91. The Labute approximate surface area is 128 Å². The van der Waals surface area contributed by atoms with Crippen molar-refractivity contribution in [3.8, 4) is 6.07 Å². The lowest BCUT2D eigenvalue weighted by molar-refractivity contribution is 0.581. The summed E-state index contributed by atoms with van der Waals surface area (Å²) in [7, 11) is -3.71. The molecule has 21 heavy (non-hydrogen) atoms. The Morgan fingerprint density at radius 3 is 2.71 bits per heavy atom. The number of rotatable bonds is 5. The normalized spacial score (nSPS) is 11.0. The van der Waals surface area contributed by atoms with Crippen LogP contribution in [0.15, 0.2) is 47.5 Å². The zero-order valence-electron chi connectivity index (χ0n) is 11.0. The maximum atomic E-state index is 12.1. The highest BCUT2D eigenvalue weighted by molar-refractivity contribution is 7.89. The molecule has 0 unspecified atom stereocenters. The molecule has 0 saturated carbocycles. The SMILES string of the molecule is N#Cc1ccc(S(=O)(=O)NCCc2ccccn2)c(Cl)c1. The van der Waals surface area contributed by atoms with E-state index in [0.717, 1.165) is 5.69 Å². The summed E-state index contributed by atoms with van der Waals surface area (Å²) < 4.78 is 26.8. The Balaban J connectivity index is 2.07. The maximum absolute atomic E-state index is 12.1. The van der Waals surface area contributed by atoms with Crippen LogP contribution in [0.1, 0.15) is 11.3 Å². The van der Waals surface area contributed by atoms with Crippen LogP contribution in [0.2, 0.25) is 5.02 Å². The Hall–Kier alpha value is -1.94. The summed E-state index contributed by atoms with van der Waals surface area (Å²) in [6, 6.07) is 11.4. The largest absolute Gasteiger partial charge is 0.261 e. The van der Waals surface area contributed by atoms with Gasteiger partial charge in [-0.15, -0.1) is 0 Å². The van der Waals surface area contributed by atoms with E-state index in [4.69, 9.17) is 16.9 Å². The maximum Gasteiger partial charge on any atom is 0.242 e. The van der Waals surface area contributed by atoms with Crippen molar-refractivity contribution in [3.05, 3.63) is 58.9 Å². The topological polar surface area (TPSA) is 82.8 Å². The van der Waals surface area contributed by atoms with E-state index in [9.17, 15) is 8.42 Å². The van der Waals surface area contributed by atoms with Crippen molar-refractivity contribution < 1.29 is 8.42 Å². The van der Waals surface area contributed by atoms with Gasteiger partial charge in [-0.3, -0.25) is 4.98 Å². The summed E-state index contributed by atoms with van der Waals surface area (Å²) in [4.78, 5) is 4.08. The van der Waals surface area contributed by atoms with E-state index in [2.05, 4.69) is 9.71 Å². The second-order valence-electron chi connectivity index (χ2n) is 4.23. The lowest BCUT2D eigenvalue weighted by Gasteiger charge is -2.08. The van der Waals surface area contributed by atoms with E-state index in [-0.39, 0.29) is 16.5 Å². The van der Waals surface area contributed by atoms with Crippen LogP contribution in [-0.2, 0) is 16.4 Å². The Bertz CT molecular complexity index is 771. The minimum atomic E-state index is -3.71. The monoisotopic (exact) mass is 321 g/mol. The van der Waals surface area contributed by atoms with Crippen molar-refractivity contribution >= 4 is 21.6 Å². The first-order chi connectivity index (χ1) is 10.0. The summed E-state index contributed by atoms with van der Waals surface area (Å²) >= 11 is 5.91. The first kappa shape index (κ1) is 15.4. The van der Waals surface area contributed by atoms with E-state index in [1.165, 1.54) is 18.2 Å². The molecule has 5 nitrogen and oxygen atoms in total. The van der Waals surface area contributed by atoms with Gasteiger partial charge < -0.3 is 0 Å². The zero-order valence-corrected chi connectivity index (χ0v) is 12.5. The molecule has 1 heterocycles. The van der Waals surface area contributed by atoms with Crippen LogP contribution >= 0.6 is 11.6 Å². The van der Waals surface area contributed by atoms with Gasteiger partial charge >= 0.3 is 0 Å². The molecule has 1 N–H and O–H groups in total. The highest BCUT2D eigenvalue weighted by Gasteiger charge is 2.17. The first-order valence-electron chi connectivity index (χ1n) is 6.12. The average Bonchev–Trinajstić information content (AvgIpc) is 2.47. The van der Waals surface area contributed by atoms with Crippen LogP contribution < -0.4 is 4.72 Å². The van der Waals surface area contributed by atoms with Gasteiger partial charge in [0.1, 0.15) is 4.90 Å². The van der Waals surface area contributed by atoms with Gasteiger partial charge in [0.2, 0.25) is 10.0 Å². The van der Waals surface area contributed by atoms with E-state index >= 15 is 0 Å². The standard InChI is InChI=1S/C14H12ClN3O2S/c15-13-9-11(10-16)4-5-14(13)21(19,20)18-8-6-12-3-1-2-7-17-12/h1-5,7,9,18H,6,8H2. The second kappa shape index (κ2) is 6.68. The number of hydrogen-bond acceptors (Lipinski definition) is 4. The smallest absolute Gasteiger partial charge is 0.242 e. The molecule has 7 heteroatoms. The van der Waals surface area contributed by atoms with Gasteiger partial charge in [-0.2, -0.15) is 5.26 Å². The number of halogens is 1. The fourth-order valence-corrected chi connectivity index (χ4v) is 3.30. The number of nitrogens with zero attached hydrogens (tertiary/aromatic N) is 2. The average molecular weight is 322 g/mol. The van der Waals surface area contributed by atoms with Gasteiger partial charge in [0, 0.05) is 24.9 Å². The molecule has 0 aliphatic heterocycles. The van der Waals surface area contributed by atoms with Crippen molar-refractivity contribution in [2.24, 2.45) is 0 Å². The van der Waals surface area contributed by atoms with Crippen LogP contribution in [0.5, 0.6) is 0 Å². The fraction of sp³-hybridized carbons (Fsp3) is 0.143. The minimum absolute atomic E-state index is 0.0272. The molecule has 0 aliphatic rings. The molecule has 0 atom stereocenters. The molecule has 2 rings (SSSR count). The van der Waals surface area contributed by atoms with Gasteiger partial charge in [-0.1, -0.05) is 17.7 Å². The fourth-order valence-electron chi connectivity index (χ4n) is 1.73. The van der Waals surface area contributed by atoms with Crippen LogP contribution in [0.25, 0.3) is 0 Å². The third kappa shape index (κ3) is 4.02. The molecule has 1 aromatic carbocycles. The van der Waals surface area contributed by atoms with Gasteiger partial charge in [0.05, 0.1) is 16.7 Å². The van der Waals surface area contributed by atoms with E-state index in [1.807, 2.05) is 18.2 Å². The van der Waals surface area contributed by atoms with Crippen molar-refractivity contribution in [1.82, 2.24) is 9.71 Å². The molecule has 0 amide bonds. The van der Waals surface area contributed by atoms with Gasteiger partial charge in [0.25, 0.3) is 0 Å². The predicted octanol–water partition coefficient (Wildman–Crippen LogP) is 2.13. The van der Waals surface area contributed by atoms with E-state index in [1.54, 1.807) is 12.3 Å². The number of nitrogens with one attached hydrogen (secondary N) is 1. The van der Waals surface area contributed by atoms with Crippen molar-refractivity contribution in [2.75, 3.05) is 6.54 Å². The molecular weight excluding hydrogens is 310 g/mol. The molecule has 1 aromatic heterocycles. The van der Waals surface area contributed by atoms with E-state index in [0.29, 0.717) is 12.0 Å². The number of aromatic nitrogens is 1. The number of benzene rings is 1. The van der Waals surface area contributed by atoms with Crippen molar-refractivity contribution in [2.45, 2.75) is 11.3 Å². The molecule has 108 valence electrons. The quantitative estimate of drug-likeness (QED) is 0.914. The first-order valence-corrected chi connectivity index (χ1v) is 7.98. The van der Waals surface area contributed by atoms with Gasteiger partial charge in [-0.05, 0) is 30.3 Å². The molecule has 0 aliphatic carbocycles. The lowest BCUT2D eigenvalue weighted by Crippen LogP contribution is -2.26. The number of hydrogen-bond donors (Lipinski definition) is 1.